The van der Waals surface area contributed by atoms with Gasteiger partial charge in [0.2, 0.25) is 5.91 Å². The zero-order chi connectivity index (χ0) is 15.4. The van der Waals surface area contributed by atoms with E-state index in [0.29, 0.717) is 10.8 Å². The number of nitrogens with one attached hydrogen (secondary N) is 1. The van der Waals surface area contributed by atoms with E-state index in [1.54, 1.807) is 32.2 Å². The molecule has 21 heavy (non-hydrogen) atoms. The van der Waals surface area contributed by atoms with Crippen molar-refractivity contribution in [3.63, 3.8) is 0 Å². The van der Waals surface area contributed by atoms with Gasteiger partial charge in [-0.25, -0.2) is 4.79 Å². The second-order valence-electron chi connectivity index (χ2n) is 4.44. The number of carboxylic acid groups (broad SMARTS) is 1. The molecule has 5 nitrogen and oxygen atoms in total. The first kappa shape index (κ1) is 15.1. The summed E-state index contributed by atoms with van der Waals surface area (Å²) < 4.78 is 5.19. The predicted octanol–water partition coefficient (Wildman–Crippen LogP) is 2.94. The monoisotopic (exact) mass is 305 g/mol. The molecule has 0 aliphatic heterocycles. The van der Waals surface area contributed by atoms with Crippen molar-refractivity contribution in [2.75, 3.05) is 12.4 Å². The lowest BCUT2D eigenvalue weighted by molar-refractivity contribution is -0.115. The molecule has 1 aromatic carbocycles. The van der Waals surface area contributed by atoms with Crippen molar-refractivity contribution < 1.29 is 19.4 Å². The molecule has 1 aromatic heterocycles. The minimum atomic E-state index is -1.05. The lowest BCUT2D eigenvalue weighted by Gasteiger charge is -2.08. The van der Waals surface area contributed by atoms with Crippen molar-refractivity contribution in [1.82, 2.24) is 0 Å². The van der Waals surface area contributed by atoms with Gasteiger partial charge in [-0.15, -0.1) is 11.3 Å². The molecule has 0 aliphatic rings. The van der Waals surface area contributed by atoms with E-state index >= 15 is 0 Å². The van der Waals surface area contributed by atoms with Gasteiger partial charge in [0.1, 0.15) is 10.8 Å². The molecule has 0 spiro atoms. The van der Waals surface area contributed by atoms with Gasteiger partial charge in [0.15, 0.2) is 0 Å². The molecule has 0 unspecified atom stereocenters. The van der Waals surface area contributed by atoms with E-state index in [-0.39, 0.29) is 17.9 Å². The molecule has 0 saturated carbocycles. The third-order valence-corrected chi connectivity index (χ3v) is 3.85. The molecule has 2 aromatic rings. The number of thiophene rings is 1. The van der Waals surface area contributed by atoms with E-state index in [4.69, 9.17) is 9.84 Å². The van der Waals surface area contributed by atoms with Crippen LogP contribution < -0.4 is 10.1 Å². The number of methoxy groups -OCH3 is 1. The Morgan fingerprint density at radius 2 is 2.05 bits per heavy atom. The number of rotatable bonds is 5. The second kappa shape index (κ2) is 6.41. The number of aryl methyl sites for hydroxylation is 1. The molecular weight excluding hydrogens is 290 g/mol. The Kier molecular flexibility index (Phi) is 4.59. The van der Waals surface area contributed by atoms with Crippen LogP contribution in [0.4, 0.5) is 5.00 Å². The third-order valence-electron chi connectivity index (χ3n) is 2.88. The Morgan fingerprint density at radius 3 is 2.71 bits per heavy atom. The lowest BCUT2D eigenvalue weighted by Crippen LogP contribution is -2.15. The molecule has 0 bridgehead atoms. The van der Waals surface area contributed by atoms with E-state index in [0.717, 1.165) is 10.4 Å². The number of ether oxygens (including phenoxy) is 1. The van der Waals surface area contributed by atoms with Gasteiger partial charge in [-0.1, -0.05) is 18.2 Å². The number of hydrogen-bond acceptors (Lipinski definition) is 4. The highest BCUT2D eigenvalue weighted by molar-refractivity contribution is 7.16. The van der Waals surface area contributed by atoms with Gasteiger partial charge >= 0.3 is 5.97 Å². The van der Waals surface area contributed by atoms with Gasteiger partial charge in [0.05, 0.1) is 19.1 Å². The Labute approximate surface area is 126 Å². The molecule has 1 heterocycles. The Balaban J connectivity index is 2.14. The molecule has 0 aliphatic carbocycles. The van der Waals surface area contributed by atoms with Crippen LogP contribution in [0.1, 0.15) is 20.8 Å². The molecule has 2 N–H and O–H groups in total. The fourth-order valence-corrected chi connectivity index (χ4v) is 2.88. The molecular formula is C15H15NO4S. The van der Waals surface area contributed by atoms with Crippen molar-refractivity contribution in [2.24, 2.45) is 0 Å². The number of benzene rings is 1. The summed E-state index contributed by atoms with van der Waals surface area (Å²) in [4.78, 5) is 24.0. The molecule has 0 fully saturated rings. The van der Waals surface area contributed by atoms with Crippen LogP contribution in [0.5, 0.6) is 5.75 Å². The first-order valence-corrected chi connectivity index (χ1v) is 7.08. The lowest BCUT2D eigenvalue weighted by atomic mass is 10.1. The number of carboxylic acids is 1. The largest absolute Gasteiger partial charge is 0.496 e. The fraction of sp³-hybridized carbons (Fsp3) is 0.200. The molecule has 0 saturated heterocycles. The first-order chi connectivity index (χ1) is 10.0. The van der Waals surface area contributed by atoms with Crippen LogP contribution in [0.3, 0.4) is 0 Å². The van der Waals surface area contributed by atoms with Crippen LogP contribution in [0.25, 0.3) is 0 Å². The summed E-state index contributed by atoms with van der Waals surface area (Å²) in [5.41, 5.74) is 0.869. The number of aromatic carboxylic acids is 1. The summed E-state index contributed by atoms with van der Waals surface area (Å²) >= 11 is 1.25. The number of amides is 1. The predicted molar refractivity (Wildman–Crippen MR) is 81.3 cm³/mol. The van der Waals surface area contributed by atoms with E-state index in [2.05, 4.69) is 5.32 Å². The summed E-state index contributed by atoms with van der Waals surface area (Å²) in [6.45, 7) is 1.80. The van der Waals surface area contributed by atoms with Crippen molar-refractivity contribution >= 4 is 28.2 Å². The zero-order valence-corrected chi connectivity index (χ0v) is 12.5. The summed E-state index contributed by atoms with van der Waals surface area (Å²) in [5, 5.41) is 12.1. The Bertz CT molecular complexity index is 678. The van der Waals surface area contributed by atoms with Crippen molar-refractivity contribution in [3.8, 4) is 5.75 Å². The van der Waals surface area contributed by atoms with Crippen LogP contribution in [0.2, 0.25) is 0 Å². The van der Waals surface area contributed by atoms with Crippen molar-refractivity contribution in [1.29, 1.82) is 0 Å². The highest BCUT2D eigenvalue weighted by atomic mass is 32.1. The summed E-state index contributed by atoms with van der Waals surface area (Å²) in [6, 6.07) is 8.77. The minimum absolute atomic E-state index is 0.117. The van der Waals surface area contributed by atoms with Gasteiger partial charge in [-0.3, -0.25) is 4.79 Å². The van der Waals surface area contributed by atoms with Gasteiger partial charge in [-0.2, -0.15) is 0 Å². The van der Waals surface area contributed by atoms with Crippen LogP contribution in [-0.2, 0) is 11.2 Å². The highest BCUT2D eigenvalue weighted by Crippen LogP contribution is 2.28. The first-order valence-electron chi connectivity index (χ1n) is 6.26. The molecule has 1 amide bonds. The maximum Gasteiger partial charge on any atom is 0.338 e. The Morgan fingerprint density at radius 1 is 1.33 bits per heavy atom. The van der Waals surface area contributed by atoms with Gasteiger partial charge in [-0.05, 0) is 19.1 Å². The summed E-state index contributed by atoms with van der Waals surface area (Å²) in [5.74, 6) is -0.691. The van der Waals surface area contributed by atoms with Crippen LogP contribution in [0.15, 0.2) is 30.3 Å². The average molecular weight is 305 g/mol. The van der Waals surface area contributed by atoms with Crippen molar-refractivity contribution in [2.45, 2.75) is 13.3 Å². The second-order valence-corrected chi connectivity index (χ2v) is 5.70. The minimum Gasteiger partial charge on any atom is -0.496 e. The number of carbonyl (C=O) groups excluding carboxylic acids is 1. The fourth-order valence-electron chi connectivity index (χ4n) is 1.96. The molecule has 6 heteroatoms. The summed E-state index contributed by atoms with van der Waals surface area (Å²) in [7, 11) is 1.54. The number of carbonyl (C=O) groups is 2. The molecule has 0 atom stereocenters. The van der Waals surface area contributed by atoms with E-state index in [1.165, 1.54) is 11.3 Å². The van der Waals surface area contributed by atoms with Crippen LogP contribution in [-0.4, -0.2) is 24.1 Å². The number of para-hydroxylation sites is 1. The topological polar surface area (TPSA) is 75.6 Å². The maximum absolute atomic E-state index is 12.1. The van der Waals surface area contributed by atoms with Crippen molar-refractivity contribution in [3.05, 3.63) is 46.3 Å². The normalized spacial score (nSPS) is 10.2. The van der Waals surface area contributed by atoms with E-state index in [1.807, 2.05) is 12.1 Å². The van der Waals surface area contributed by atoms with Gasteiger partial charge < -0.3 is 15.2 Å². The van der Waals surface area contributed by atoms with Gasteiger partial charge in [0, 0.05) is 10.4 Å². The molecule has 0 radical (unpaired) electrons. The number of hydrogen-bond donors (Lipinski definition) is 2. The third kappa shape index (κ3) is 3.61. The molecule has 110 valence electrons. The van der Waals surface area contributed by atoms with E-state index in [9.17, 15) is 9.59 Å². The summed E-state index contributed by atoms with van der Waals surface area (Å²) in [6.07, 6.45) is 0.125. The average Bonchev–Trinajstić information content (AvgIpc) is 2.80. The SMILES string of the molecule is COc1ccccc1CC(=O)Nc1sc(C)cc1C(=O)O. The maximum atomic E-state index is 12.1. The standard InChI is InChI=1S/C15H15NO4S/c1-9-7-11(15(18)19)14(21-9)16-13(17)8-10-5-3-4-6-12(10)20-2/h3-7H,8H2,1-2H3,(H,16,17)(H,18,19). The number of anilines is 1. The zero-order valence-electron chi connectivity index (χ0n) is 11.7. The van der Waals surface area contributed by atoms with E-state index < -0.39 is 5.97 Å². The Hall–Kier alpha value is -2.34. The highest BCUT2D eigenvalue weighted by Gasteiger charge is 2.16. The quantitative estimate of drug-likeness (QED) is 0.890. The van der Waals surface area contributed by atoms with Gasteiger partial charge in [0.25, 0.3) is 0 Å². The molecule has 2 rings (SSSR count). The smallest absolute Gasteiger partial charge is 0.338 e. The van der Waals surface area contributed by atoms with Crippen LogP contribution >= 0.6 is 11.3 Å². The van der Waals surface area contributed by atoms with Crippen LogP contribution in [0, 0.1) is 6.92 Å².